The number of ether oxygens (including phenoxy) is 1. The maximum atomic E-state index is 10.5. The summed E-state index contributed by atoms with van der Waals surface area (Å²) in [5.41, 5.74) is 7.41. The van der Waals surface area contributed by atoms with Crippen LogP contribution in [0.4, 0.5) is 17.5 Å². The normalized spacial score (nSPS) is 10.4. The topological polar surface area (TPSA) is 84.5 Å². The van der Waals surface area contributed by atoms with Gasteiger partial charge in [-0.25, -0.2) is 10.0 Å². The molecule has 0 aliphatic heterocycles. The molecule has 0 amide bonds. The molecule has 6 nitrogen and oxygen atoms in total. The fraction of sp³-hybridized carbons (Fsp3) is 0.111. The van der Waals surface area contributed by atoms with Crippen LogP contribution in [0, 0.1) is 0 Å². The SMILES string of the molecule is CCc1ccc(Oc2cnc(N)nc2N(O)c2ccccc2)cc1. The van der Waals surface area contributed by atoms with Crippen molar-refractivity contribution in [1.29, 1.82) is 0 Å². The minimum atomic E-state index is 0.0497. The maximum Gasteiger partial charge on any atom is 0.222 e. The van der Waals surface area contributed by atoms with Crippen LogP contribution in [-0.2, 0) is 6.42 Å². The minimum Gasteiger partial charge on any atom is -0.452 e. The van der Waals surface area contributed by atoms with E-state index >= 15 is 0 Å². The van der Waals surface area contributed by atoms with E-state index in [0.717, 1.165) is 11.5 Å². The smallest absolute Gasteiger partial charge is 0.222 e. The van der Waals surface area contributed by atoms with Crippen molar-refractivity contribution in [2.24, 2.45) is 0 Å². The minimum absolute atomic E-state index is 0.0497. The first-order chi connectivity index (χ1) is 11.7. The van der Waals surface area contributed by atoms with E-state index in [4.69, 9.17) is 10.5 Å². The van der Waals surface area contributed by atoms with Gasteiger partial charge in [-0.1, -0.05) is 37.3 Å². The number of hydrogen-bond donors (Lipinski definition) is 2. The summed E-state index contributed by atoms with van der Waals surface area (Å²) in [6.45, 7) is 2.09. The lowest BCUT2D eigenvalue weighted by Gasteiger charge is -2.19. The van der Waals surface area contributed by atoms with Gasteiger partial charge in [0.05, 0.1) is 11.9 Å². The van der Waals surface area contributed by atoms with Crippen LogP contribution in [0.25, 0.3) is 0 Å². The van der Waals surface area contributed by atoms with Gasteiger partial charge in [0.1, 0.15) is 5.75 Å². The summed E-state index contributed by atoms with van der Waals surface area (Å²) in [7, 11) is 0. The van der Waals surface area contributed by atoms with Crippen LogP contribution in [0.5, 0.6) is 11.5 Å². The lowest BCUT2D eigenvalue weighted by molar-refractivity contribution is 0.293. The molecule has 0 aliphatic rings. The molecule has 3 aromatic rings. The van der Waals surface area contributed by atoms with E-state index in [-0.39, 0.29) is 11.8 Å². The van der Waals surface area contributed by atoms with Crippen molar-refractivity contribution in [1.82, 2.24) is 9.97 Å². The first kappa shape index (κ1) is 15.8. The van der Waals surface area contributed by atoms with E-state index < -0.39 is 0 Å². The quantitative estimate of drug-likeness (QED) is 0.692. The standard InChI is InChI=1S/C18H18N4O2/c1-2-13-8-10-15(11-9-13)24-16-12-20-18(19)21-17(16)22(23)14-6-4-3-5-7-14/h3-12,23H,2H2,1H3,(H2,19,20,21). The Morgan fingerprint density at radius 1 is 1.08 bits per heavy atom. The molecule has 0 aliphatic carbocycles. The third-order valence-corrected chi connectivity index (χ3v) is 3.52. The molecule has 0 fully saturated rings. The largest absolute Gasteiger partial charge is 0.452 e. The molecule has 0 atom stereocenters. The van der Waals surface area contributed by atoms with E-state index in [9.17, 15) is 5.21 Å². The summed E-state index contributed by atoms with van der Waals surface area (Å²) in [6.07, 6.45) is 2.40. The summed E-state index contributed by atoms with van der Waals surface area (Å²) in [6, 6.07) is 16.7. The van der Waals surface area contributed by atoms with Gasteiger partial charge in [-0.05, 0) is 36.2 Å². The Hall–Kier alpha value is -3.12. The number of hydrogen-bond acceptors (Lipinski definition) is 6. The molecule has 122 valence electrons. The fourth-order valence-corrected chi connectivity index (χ4v) is 2.21. The fourth-order valence-electron chi connectivity index (χ4n) is 2.21. The third kappa shape index (κ3) is 3.44. The van der Waals surface area contributed by atoms with Crippen molar-refractivity contribution in [3.63, 3.8) is 0 Å². The van der Waals surface area contributed by atoms with Gasteiger partial charge < -0.3 is 10.5 Å². The summed E-state index contributed by atoms with van der Waals surface area (Å²) >= 11 is 0. The maximum absolute atomic E-state index is 10.5. The second kappa shape index (κ2) is 6.97. The Balaban J connectivity index is 1.93. The van der Waals surface area contributed by atoms with Crippen LogP contribution in [-0.4, -0.2) is 15.2 Å². The summed E-state index contributed by atoms with van der Waals surface area (Å²) in [5.74, 6) is 1.16. The lowest BCUT2D eigenvalue weighted by atomic mass is 10.2. The summed E-state index contributed by atoms with van der Waals surface area (Å²) in [5, 5.41) is 11.4. The molecule has 1 aromatic heterocycles. The Morgan fingerprint density at radius 2 is 1.79 bits per heavy atom. The number of nitrogens with zero attached hydrogens (tertiary/aromatic N) is 3. The van der Waals surface area contributed by atoms with Gasteiger partial charge in [-0.15, -0.1) is 0 Å². The molecule has 0 saturated carbocycles. The second-order valence-corrected chi connectivity index (χ2v) is 5.16. The number of benzene rings is 2. The highest BCUT2D eigenvalue weighted by Gasteiger charge is 2.16. The third-order valence-electron chi connectivity index (χ3n) is 3.52. The van der Waals surface area contributed by atoms with E-state index in [1.54, 1.807) is 12.1 Å². The number of anilines is 3. The van der Waals surface area contributed by atoms with Crippen molar-refractivity contribution < 1.29 is 9.94 Å². The number of nitrogen functional groups attached to an aromatic ring is 1. The van der Waals surface area contributed by atoms with Crippen molar-refractivity contribution in [2.45, 2.75) is 13.3 Å². The van der Waals surface area contributed by atoms with Crippen LogP contribution in [0.3, 0.4) is 0 Å². The summed E-state index contributed by atoms with van der Waals surface area (Å²) in [4.78, 5) is 8.05. The molecule has 3 rings (SSSR count). The second-order valence-electron chi connectivity index (χ2n) is 5.16. The zero-order valence-corrected chi connectivity index (χ0v) is 13.3. The molecule has 3 N–H and O–H groups in total. The molecular formula is C18H18N4O2. The molecule has 1 heterocycles. The van der Waals surface area contributed by atoms with Crippen molar-refractivity contribution in [3.8, 4) is 11.5 Å². The number of aryl methyl sites for hydroxylation is 1. The van der Waals surface area contributed by atoms with Gasteiger partial charge in [-0.3, -0.25) is 5.21 Å². The lowest BCUT2D eigenvalue weighted by Crippen LogP contribution is -2.14. The Kier molecular flexibility index (Phi) is 4.58. The molecule has 6 heteroatoms. The molecule has 0 unspecified atom stereocenters. The Bertz CT molecular complexity index is 807. The zero-order valence-electron chi connectivity index (χ0n) is 13.3. The van der Waals surface area contributed by atoms with Gasteiger partial charge in [0.25, 0.3) is 0 Å². The number of para-hydroxylation sites is 1. The Morgan fingerprint density at radius 3 is 2.46 bits per heavy atom. The van der Waals surface area contributed by atoms with E-state index in [1.165, 1.54) is 11.8 Å². The van der Waals surface area contributed by atoms with Crippen LogP contribution in [0.2, 0.25) is 0 Å². The van der Waals surface area contributed by atoms with Crippen LogP contribution >= 0.6 is 0 Å². The predicted molar refractivity (Wildman–Crippen MR) is 92.7 cm³/mol. The predicted octanol–water partition coefficient (Wildman–Crippen LogP) is 3.94. The molecular weight excluding hydrogens is 304 g/mol. The average Bonchev–Trinajstić information content (AvgIpc) is 2.64. The first-order valence-corrected chi connectivity index (χ1v) is 7.60. The molecule has 0 spiro atoms. The van der Waals surface area contributed by atoms with Crippen LogP contribution < -0.4 is 15.5 Å². The van der Waals surface area contributed by atoms with Crippen LogP contribution in [0.1, 0.15) is 12.5 Å². The highest BCUT2D eigenvalue weighted by molar-refractivity contribution is 5.63. The van der Waals surface area contributed by atoms with E-state index in [1.807, 2.05) is 42.5 Å². The number of rotatable bonds is 5. The van der Waals surface area contributed by atoms with Crippen molar-refractivity contribution >= 4 is 17.5 Å². The highest BCUT2D eigenvalue weighted by atomic mass is 16.5. The monoisotopic (exact) mass is 322 g/mol. The molecule has 0 saturated heterocycles. The molecule has 0 radical (unpaired) electrons. The Labute approximate surface area is 140 Å². The van der Waals surface area contributed by atoms with Crippen molar-refractivity contribution in [3.05, 3.63) is 66.4 Å². The molecule has 0 bridgehead atoms. The van der Waals surface area contributed by atoms with Gasteiger partial charge in [0.15, 0.2) is 5.75 Å². The highest BCUT2D eigenvalue weighted by Crippen LogP contribution is 2.33. The van der Waals surface area contributed by atoms with E-state index in [0.29, 0.717) is 17.2 Å². The molecule has 24 heavy (non-hydrogen) atoms. The number of nitrogens with two attached hydrogens (primary N) is 1. The number of aromatic nitrogens is 2. The van der Waals surface area contributed by atoms with Gasteiger partial charge in [-0.2, -0.15) is 4.98 Å². The summed E-state index contributed by atoms with van der Waals surface area (Å²) < 4.78 is 5.82. The van der Waals surface area contributed by atoms with Gasteiger partial charge in [0.2, 0.25) is 11.8 Å². The van der Waals surface area contributed by atoms with Crippen molar-refractivity contribution in [2.75, 3.05) is 10.8 Å². The van der Waals surface area contributed by atoms with Gasteiger partial charge >= 0.3 is 0 Å². The zero-order chi connectivity index (χ0) is 16.9. The van der Waals surface area contributed by atoms with E-state index in [2.05, 4.69) is 16.9 Å². The van der Waals surface area contributed by atoms with Crippen LogP contribution in [0.15, 0.2) is 60.8 Å². The average molecular weight is 322 g/mol. The first-order valence-electron chi connectivity index (χ1n) is 7.60. The molecule has 2 aromatic carbocycles. The van der Waals surface area contributed by atoms with Gasteiger partial charge in [0, 0.05) is 0 Å².